The van der Waals surface area contributed by atoms with Crippen LogP contribution in [0.15, 0.2) is 12.2 Å². The monoisotopic (exact) mass is 1070 g/mol. The molecule has 0 heterocycles. The van der Waals surface area contributed by atoms with Gasteiger partial charge in [-0.15, -0.1) is 0 Å². The summed E-state index contributed by atoms with van der Waals surface area (Å²) in [5.41, 5.74) is 0. The van der Waals surface area contributed by atoms with Crippen LogP contribution in [0.2, 0.25) is 0 Å². The number of amides is 1. The van der Waals surface area contributed by atoms with E-state index in [2.05, 4.69) is 31.3 Å². The predicted molar refractivity (Wildman–Crippen MR) is 333 cm³/mol. The summed E-state index contributed by atoms with van der Waals surface area (Å²) in [5, 5.41) is 23.4. The van der Waals surface area contributed by atoms with Crippen LogP contribution in [0.3, 0.4) is 0 Å². The number of ether oxygens (including phenoxy) is 1. The van der Waals surface area contributed by atoms with Gasteiger partial charge in [-0.2, -0.15) is 0 Å². The summed E-state index contributed by atoms with van der Waals surface area (Å²) in [5.74, 6) is -0.0164. The van der Waals surface area contributed by atoms with Crippen LogP contribution >= 0.6 is 0 Å². The molecule has 3 N–H and O–H groups in total. The van der Waals surface area contributed by atoms with Crippen LogP contribution in [0.1, 0.15) is 399 Å². The van der Waals surface area contributed by atoms with Crippen molar-refractivity contribution in [3.63, 3.8) is 0 Å². The van der Waals surface area contributed by atoms with Gasteiger partial charge >= 0.3 is 5.97 Å². The van der Waals surface area contributed by atoms with Crippen molar-refractivity contribution in [3.8, 4) is 0 Å². The predicted octanol–water partition coefficient (Wildman–Crippen LogP) is 22.4. The third kappa shape index (κ3) is 61.8. The van der Waals surface area contributed by atoms with Gasteiger partial charge in [0.15, 0.2) is 0 Å². The van der Waals surface area contributed by atoms with Gasteiger partial charge in [-0.3, -0.25) is 9.59 Å². The van der Waals surface area contributed by atoms with Crippen LogP contribution in [-0.4, -0.2) is 47.4 Å². The van der Waals surface area contributed by atoms with Crippen molar-refractivity contribution in [2.45, 2.75) is 411 Å². The topological polar surface area (TPSA) is 95.9 Å². The molecule has 0 aliphatic heterocycles. The largest absolute Gasteiger partial charge is 0.466 e. The molecule has 452 valence electrons. The Morgan fingerprint density at radius 3 is 0.934 bits per heavy atom. The molecule has 0 radical (unpaired) electrons. The lowest BCUT2D eigenvalue weighted by atomic mass is 10.0. The number of aliphatic hydroxyl groups is 2. The van der Waals surface area contributed by atoms with Gasteiger partial charge in [0.05, 0.1) is 25.4 Å². The Hall–Kier alpha value is -1.40. The first-order valence-corrected chi connectivity index (χ1v) is 34.9. The van der Waals surface area contributed by atoms with Gasteiger partial charge < -0.3 is 20.3 Å². The molecule has 1 amide bonds. The van der Waals surface area contributed by atoms with Crippen molar-refractivity contribution in [1.82, 2.24) is 5.32 Å². The van der Waals surface area contributed by atoms with Crippen molar-refractivity contribution in [2.24, 2.45) is 0 Å². The van der Waals surface area contributed by atoms with E-state index in [9.17, 15) is 19.8 Å². The second-order valence-corrected chi connectivity index (χ2v) is 24.2. The zero-order valence-electron chi connectivity index (χ0n) is 51.8. The first-order valence-electron chi connectivity index (χ1n) is 34.9. The van der Waals surface area contributed by atoms with Gasteiger partial charge in [-0.05, 0) is 51.4 Å². The molecule has 76 heavy (non-hydrogen) atoms. The molecule has 0 bridgehead atoms. The molecule has 0 aromatic heterocycles. The van der Waals surface area contributed by atoms with Crippen LogP contribution in [0, 0.1) is 0 Å². The lowest BCUT2D eigenvalue weighted by Crippen LogP contribution is -2.45. The highest BCUT2D eigenvalue weighted by atomic mass is 16.5. The van der Waals surface area contributed by atoms with Gasteiger partial charge in [-0.1, -0.05) is 347 Å². The highest BCUT2D eigenvalue weighted by molar-refractivity contribution is 5.76. The average Bonchev–Trinajstić information content (AvgIpc) is 3.42. The Kier molecular flexibility index (Phi) is 64.9. The molecule has 6 heteroatoms. The summed E-state index contributed by atoms with van der Waals surface area (Å²) in [6, 6.07) is -0.540. The molecule has 2 atom stereocenters. The van der Waals surface area contributed by atoms with E-state index in [-0.39, 0.29) is 18.5 Å². The van der Waals surface area contributed by atoms with Crippen LogP contribution in [-0.2, 0) is 14.3 Å². The number of unbranched alkanes of at least 4 members (excludes halogenated alkanes) is 53. The Balaban J connectivity index is 3.35. The highest BCUT2D eigenvalue weighted by Crippen LogP contribution is 2.19. The van der Waals surface area contributed by atoms with E-state index >= 15 is 0 Å². The van der Waals surface area contributed by atoms with Gasteiger partial charge in [0, 0.05) is 12.8 Å². The molecule has 0 fully saturated rings. The third-order valence-corrected chi connectivity index (χ3v) is 16.6. The quantitative estimate of drug-likeness (QED) is 0.0320. The Morgan fingerprint density at radius 2 is 0.618 bits per heavy atom. The van der Waals surface area contributed by atoms with Gasteiger partial charge in [0.25, 0.3) is 0 Å². The second-order valence-electron chi connectivity index (χ2n) is 24.2. The lowest BCUT2D eigenvalue weighted by molar-refractivity contribution is -0.143. The lowest BCUT2D eigenvalue weighted by Gasteiger charge is -2.22. The van der Waals surface area contributed by atoms with Gasteiger partial charge in [0.2, 0.25) is 5.91 Å². The number of aliphatic hydroxyl groups excluding tert-OH is 2. The minimum Gasteiger partial charge on any atom is -0.466 e. The van der Waals surface area contributed by atoms with Crippen molar-refractivity contribution in [2.75, 3.05) is 13.2 Å². The molecule has 0 aromatic carbocycles. The maximum absolute atomic E-state index is 12.5. The number of carbonyl (C=O) groups is 2. The van der Waals surface area contributed by atoms with Crippen molar-refractivity contribution in [1.29, 1.82) is 0 Å². The van der Waals surface area contributed by atoms with Gasteiger partial charge in [0.1, 0.15) is 0 Å². The summed E-state index contributed by atoms with van der Waals surface area (Å²) in [6.45, 7) is 4.99. The standard InChI is InChI=1S/C70H137NO5/c1-3-5-7-9-11-13-15-17-19-21-31-34-38-42-46-50-54-58-62-68(73)67(66-72)71-69(74)63-59-55-51-47-43-39-35-32-28-26-24-22-23-25-27-29-33-37-41-45-49-53-57-61-65-76-70(75)64-60-56-52-48-44-40-36-30-20-18-16-14-12-10-8-6-4-2/h18,20,67-68,72-73H,3-17,19,21-66H2,1-2H3,(H,71,74)/b20-18-. The number of esters is 1. The molecule has 0 saturated heterocycles. The molecule has 2 unspecified atom stereocenters. The smallest absolute Gasteiger partial charge is 0.305 e. The van der Waals surface area contributed by atoms with Crippen LogP contribution in [0.25, 0.3) is 0 Å². The van der Waals surface area contributed by atoms with E-state index < -0.39 is 12.1 Å². The summed E-state index contributed by atoms with van der Waals surface area (Å²) >= 11 is 0. The van der Waals surface area contributed by atoms with Gasteiger partial charge in [-0.25, -0.2) is 0 Å². The first kappa shape index (κ1) is 74.6. The Bertz CT molecular complexity index is 1140. The van der Waals surface area contributed by atoms with Crippen LogP contribution < -0.4 is 5.32 Å². The molecule has 0 spiro atoms. The average molecular weight is 1070 g/mol. The summed E-state index contributed by atoms with van der Waals surface area (Å²) in [7, 11) is 0. The molecule has 0 rings (SSSR count). The number of rotatable bonds is 66. The molecular weight excluding hydrogens is 935 g/mol. The fraction of sp³-hybridized carbons (Fsp3) is 0.943. The third-order valence-electron chi connectivity index (χ3n) is 16.6. The van der Waals surface area contributed by atoms with Crippen molar-refractivity contribution < 1.29 is 24.5 Å². The number of carbonyl (C=O) groups excluding carboxylic acids is 2. The number of hydrogen-bond acceptors (Lipinski definition) is 5. The van der Waals surface area contributed by atoms with E-state index in [4.69, 9.17) is 4.74 Å². The molecule has 0 aliphatic rings. The fourth-order valence-corrected chi connectivity index (χ4v) is 11.2. The van der Waals surface area contributed by atoms with E-state index in [1.165, 1.54) is 321 Å². The molecule has 6 nitrogen and oxygen atoms in total. The Morgan fingerprint density at radius 1 is 0.355 bits per heavy atom. The first-order chi connectivity index (χ1) is 37.5. The summed E-state index contributed by atoms with van der Waals surface area (Å²) in [4.78, 5) is 24.6. The molecule has 0 saturated carbocycles. The zero-order chi connectivity index (χ0) is 55.0. The van der Waals surface area contributed by atoms with Crippen molar-refractivity contribution in [3.05, 3.63) is 12.2 Å². The maximum Gasteiger partial charge on any atom is 0.305 e. The Labute approximate surface area is 476 Å². The number of nitrogens with one attached hydrogen (secondary N) is 1. The summed E-state index contributed by atoms with van der Waals surface area (Å²) in [6.07, 6.45) is 81.1. The van der Waals surface area contributed by atoms with E-state index in [0.717, 1.165) is 44.9 Å². The van der Waals surface area contributed by atoms with Crippen LogP contribution in [0.4, 0.5) is 0 Å². The van der Waals surface area contributed by atoms with Crippen molar-refractivity contribution >= 4 is 11.9 Å². The van der Waals surface area contributed by atoms with E-state index in [1.807, 2.05) is 0 Å². The number of hydrogen-bond donors (Lipinski definition) is 3. The highest BCUT2D eigenvalue weighted by Gasteiger charge is 2.20. The van der Waals surface area contributed by atoms with E-state index in [1.54, 1.807) is 0 Å². The SMILES string of the molecule is CCCCCCCC/C=C\CCCCCCCCCC(=O)OCCCCCCCCCCCCCCCCCCCCCCCCCCC(=O)NC(CO)C(O)CCCCCCCCCCCCCCCCCCCC. The normalized spacial score (nSPS) is 12.5. The minimum atomic E-state index is -0.663. The molecule has 0 aliphatic carbocycles. The second kappa shape index (κ2) is 66.1. The molecule has 0 aromatic rings. The fourth-order valence-electron chi connectivity index (χ4n) is 11.2. The maximum atomic E-state index is 12.5. The minimum absolute atomic E-state index is 0.0133. The summed E-state index contributed by atoms with van der Waals surface area (Å²) < 4.78 is 5.50. The zero-order valence-corrected chi connectivity index (χ0v) is 51.8. The number of allylic oxidation sites excluding steroid dienone is 2. The molecular formula is C70H137NO5. The van der Waals surface area contributed by atoms with E-state index in [0.29, 0.717) is 25.9 Å². The van der Waals surface area contributed by atoms with Crippen LogP contribution in [0.5, 0.6) is 0 Å².